The Kier molecular flexibility index (Phi) is 1.85. The van der Waals surface area contributed by atoms with Gasteiger partial charge in [-0.25, -0.2) is 4.39 Å². The number of hydrogen-bond donors (Lipinski definition) is 1. The Hall–Kier alpha value is -0.890. The molecule has 0 saturated heterocycles. The molecule has 64 valence electrons. The molecule has 0 spiro atoms. The number of halogens is 1. The minimum atomic E-state index is -0.194. The average molecular weight is 166 g/mol. The predicted molar refractivity (Wildman–Crippen MR) is 44.3 cm³/mol. The molecule has 12 heavy (non-hydrogen) atoms. The number of rotatable bonds is 2. The van der Waals surface area contributed by atoms with Gasteiger partial charge in [-0.15, -0.1) is 0 Å². The predicted octanol–water partition coefficient (Wildman–Crippen LogP) is 1.92. The first-order chi connectivity index (χ1) is 5.81. The molecular formula is C10H11FO. The van der Waals surface area contributed by atoms with E-state index >= 15 is 0 Å². The van der Waals surface area contributed by atoms with Crippen LogP contribution in [-0.4, -0.2) is 11.7 Å². The molecular weight excluding hydrogens is 155 g/mol. The van der Waals surface area contributed by atoms with Gasteiger partial charge < -0.3 is 5.11 Å². The van der Waals surface area contributed by atoms with Gasteiger partial charge in [0.15, 0.2) is 0 Å². The van der Waals surface area contributed by atoms with Crippen LogP contribution in [0.4, 0.5) is 4.39 Å². The van der Waals surface area contributed by atoms with E-state index < -0.39 is 0 Å². The van der Waals surface area contributed by atoms with E-state index in [2.05, 4.69) is 0 Å². The molecule has 1 aromatic carbocycles. The molecule has 1 unspecified atom stereocenters. The highest BCUT2D eigenvalue weighted by atomic mass is 19.1. The third kappa shape index (κ3) is 1.34. The van der Waals surface area contributed by atoms with Gasteiger partial charge in [-0.05, 0) is 36.0 Å². The molecule has 0 bridgehead atoms. The Balaban J connectivity index is 2.10. The van der Waals surface area contributed by atoms with Crippen LogP contribution in [0.15, 0.2) is 24.3 Å². The lowest BCUT2D eigenvalue weighted by Gasteiger charge is -1.97. The SMILES string of the molecule is OC[C@@H]1CC1c1ccc(F)cc1. The summed E-state index contributed by atoms with van der Waals surface area (Å²) in [5.41, 5.74) is 1.15. The normalized spacial score (nSPS) is 27.2. The summed E-state index contributed by atoms with van der Waals surface area (Å²) in [6.45, 7) is 0.252. The minimum Gasteiger partial charge on any atom is -0.396 e. The minimum absolute atomic E-state index is 0.194. The highest BCUT2D eigenvalue weighted by molar-refractivity contribution is 5.26. The van der Waals surface area contributed by atoms with Gasteiger partial charge >= 0.3 is 0 Å². The molecule has 1 saturated carbocycles. The molecule has 0 radical (unpaired) electrons. The van der Waals surface area contributed by atoms with Crippen molar-refractivity contribution in [3.05, 3.63) is 35.6 Å². The van der Waals surface area contributed by atoms with E-state index in [0.29, 0.717) is 11.8 Å². The highest BCUT2D eigenvalue weighted by Gasteiger charge is 2.37. The lowest BCUT2D eigenvalue weighted by atomic mass is 10.1. The molecule has 1 fully saturated rings. The van der Waals surface area contributed by atoms with Gasteiger partial charge in [0.2, 0.25) is 0 Å². The van der Waals surface area contributed by atoms with E-state index in [1.807, 2.05) is 0 Å². The zero-order valence-electron chi connectivity index (χ0n) is 6.70. The third-order valence-electron chi connectivity index (χ3n) is 2.46. The van der Waals surface area contributed by atoms with Crippen molar-refractivity contribution >= 4 is 0 Å². The van der Waals surface area contributed by atoms with Crippen LogP contribution in [0.1, 0.15) is 17.9 Å². The summed E-state index contributed by atoms with van der Waals surface area (Å²) in [4.78, 5) is 0. The van der Waals surface area contributed by atoms with Crippen LogP contribution < -0.4 is 0 Å². The summed E-state index contributed by atoms with van der Waals surface area (Å²) in [5, 5.41) is 8.82. The first-order valence-corrected chi connectivity index (χ1v) is 4.17. The number of aliphatic hydroxyl groups is 1. The molecule has 1 aliphatic carbocycles. The van der Waals surface area contributed by atoms with Crippen LogP contribution in [0.3, 0.4) is 0 Å². The second-order valence-electron chi connectivity index (χ2n) is 3.34. The highest BCUT2D eigenvalue weighted by Crippen LogP contribution is 2.46. The molecule has 0 aromatic heterocycles. The van der Waals surface area contributed by atoms with Crippen molar-refractivity contribution in [3.8, 4) is 0 Å². The van der Waals surface area contributed by atoms with Gasteiger partial charge in [0.1, 0.15) is 5.82 Å². The Bertz CT molecular complexity index is 268. The summed E-state index contributed by atoms with van der Waals surface area (Å²) in [5.74, 6) is 0.686. The van der Waals surface area contributed by atoms with Gasteiger partial charge in [-0.2, -0.15) is 0 Å². The van der Waals surface area contributed by atoms with Crippen LogP contribution >= 0.6 is 0 Å². The van der Waals surface area contributed by atoms with Crippen LogP contribution in [0, 0.1) is 11.7 Å². The number of benzene rings is 1. The summed E-state index contributed by atoms with van der Waals surface area (Å²) >= 11 is 0. The van der Waals surface area contributed by atoms with Crippen molar-refractivity contribution in [3.63, 3.8) is 0 Å². The summed E-state index contributed by atoms with van der Waals surface area (Å²) in [6, 6.07) is 6.55. The second-order valence-corrected chi connectivity index (χ2v) is 3.34. The molecule has 0 heterocycles. The van der Waals surface area contributed by atoms with E-state index in [4.69, 9.17) is 5.11 Å². The zero-order valence-corrected chi connectivity index (χ0v) is 6.70. The smallest absolute Gasteiger partial charge is 0.123 e. The van der Waals surface area contributed by atoms with Crippen LogP contribution in [-0.2, 0) is 0 Å². The van der Waals surface area contributed by atoms with E-state index in [9.17, 15) is 4.39 Å². The fraction of sp³-hybridized carbons (Fsp3) is 0.400. The van der Waals surface area contributed by atoms with Crippen molar-refractivity contribution in [1.29, 1.82) is 0 Å². The summed E-state index contributed by atoms with van der Waals surface area (Å²) in [7, 11) is 0. The maximum Gasteiger partial charge on any atom is 0.123 e. The van der Waals surface area contributed by atoms with E-state index in [0.717, 1.165) is 12.0 Å². The zero-order chi connectivity index (χ0) is 8.55. The first kappa shape index (κ1) is 7.74. The van der Waals surface area contributed by atoms with E-state index in [1.165, 1.54) is 12.1 Å². The Morgan fingerprint density at radius 1 is 1.33 bits per heavy atom. The lowest BCUT2D eigenvalue weighted by molar-refractivity contribution is 0.274. The summed E-state index contributed by atoms with van der Waals surface area (Å²) in [6.07, 6.45) is 1.04. The van der Waals surface area contributed by atoms with E-state index in [-0.39, 0.29) is 12.4 Å². The maximum atomic E-state index is 12.5. The van der Waals surface area contributed by atoms with Crippen LogP contribution in [0.2, 0.25) is 0 Å². The maximum absolute atomic E-state index is 12.5. The molecule has 2 atom stereocenters. The first-order valence-electron chi connectivity index (χ1n) is 4.17. The van der Waals surface area contributed by atoms with Crippen LogP contribution in [0.5, 0.6) is 0 Å². The molecule has 0 amide bonds. The largest absolute Gasteiger partial charge is 0.396 e. The molecule has 1 nitrogen and oxygen atoms in total. The quantitative estimate of drug-likeness (QED) is 0.711. The van der Waals surface area contributed by atoms with Gasteiger partial charge in [0.05, 0.1) is 0 Å². The average Bonchev–Trinajstić information content (AvgIpc) is 2.85. The van der Waals surface area contributed by atoms with Crippen molar-refractivity contribution in [1.82, 2.24) is 0 Å². The van der Waals surface area contributed by atoms with Gasteiger partial charge in [-0.1, -0.05) is 12.1 Å². The molecule has 1 N–H and O–H groups in total. The molecule has 2 heteroatoms. The topological polar surface area (TPSA) is 20.2 Å². The lowest BCUT2D eigenvalue weighted by Crippen LogP contribution is -1.88. The van der Waals surface area contributed by atoms with Crippen LogP contribution in [0.25, 0.3) is 0 Å². The van der Waals surface area contributed by atoms with Gasteiger partial charge in [0.25, 0.3) is 0 Å². The second kappa shape index (κ2) is 2.87. The third-order valence-corrected chi connectivity index (χ3v) is 2.46. The number of aliphatic hydroxyl groups excluding tert-OH is 1. The van der Waals surface area contributed by atoms with Crippen molar-refractivity contribution in [2.45, 2.75) is 12.3 Å². The Morgan fingerprint density at radius 3 is 2.50 bits per heavy atom. The van der Waals surface area contributed by atoms with E-state index in [1.54, 1.807) is 12.1 Å². The van der Waals surface area contributed by atoms with Crippen molar-refractivity contribution < 1.29 is 9.50 Å². The summed E-state index contributed by atoms with van der Waals surface area (Å²) < 4.78 is 12.5. The van der Waals surface area contributed by atoms with Gasteiger partial charge in [-0.3, -0.25) is 0 Å². The molecule has 0 aliphatic heterocycles. The van der Waals surface area contributed by atoms with Crippen molar-refractivity contribution in [2.75, 3.05) is 6.61 Å². The Morgan fingerprint density at radius 2 is 2.00 bits per heavy atom. The Labute approximate surface area is 70.8 Å². The fourth-order valence-corrected chi connectivity index (χ4v) is 1.57. The molecule has 2 rings (SSSR count). The molecule has 1 aliphatic rings. The fourth-order valence-electron chi connectivity index (χ4n) is 1.57. The van der Waals surface area contributed by atoms with Gasteiger partial charge in [0, 0.05) is 6.61 Å². The number of hydrogen-bond acceptors (Lipinski definition) is 1. The standard InChI is InChI=1S/C10H11FO/c11-9-3-1-7(2-4-9)10-5-8(10)6-12/h1-4,8,10,12H,5-6H2/t8-,10?/m0/s1. The molecule has 1 aromatic rings. The monoisotopic (exact) mass is 166 g/mol. The van der Waals surface area contributed by atoms with Crippen molar-refractivity contribution in [2.24, 2.45) is 5.92 Å².